The summed E-state index contributed by atoms with van der Waals surface area (Å²) in [6, 6.07) is 17.2. The summed E-state index contributed by atoms with van der Waals surface area (Å²) in [4.78, 5) is 0. The minimum Gasteiger partial charge on any atom is -0.378 e. The lowest BCUT2D eigenvalue weighted by atomic mass is 9.85. The van der Waals surface area contributed by atoms with E-state index in [9.17, 15) is 4.39 Å². The molecule has 0 aliphatic heterocycles. The predicted octanol–water partition coefficient (Wildman–Crippen LogP) is 5.42. The zero-order valence-corrected chi connectivity index (χ0v) is 12.4. The van der Waals surface area contributed by atoms with Crippen LogP contribution in [0.25, 0.3) is 0 Å². The molecule has 2 heteroatoms. The van der Waals surface area contributed by atoms with E-state index in [1.165, 1.54) is 17.7 Å². The van der Waals surface area contributed by atoms with Gasteiger partial charge in [-0.2, -0.15) is 0 Å². The van der Waals surface area contributed by atoms with E-state index >= 15 is 0 Å². The minimum absolute atomic E-state index is 0.206. The van der Waals surface area contributed by atoms with Crippen LogP contribution in [0, 0.1) is 11.2 Å². The van der Waals surface area contributed by atoms with Crippen molar-refractivity contribution < 1.29 is 4.39 Å². The molecule has 1 unspecified atom stereocenters. The molecular formula is C18H22FN. The van der Waals surface area contributed by atoms with Gasteiger partial charge in [-0.15, -0.1) is 0 Å². The fourth-order valence-electron chi connectivity index (χ4n) is 2.30. The van der Waals surface area contributed by atoms with Gasteiger partial charge < -0.3 is 5.32 Å². The van der Waals surface area contributed by atoms with Crippen molar-refractivity contribution in [3.63, 3.8) is 0 Å². The summed E-state index contributed by atoms with van der Waals surface area (Å²) in [5.74, 6) is -0.206. The van der Waals surface area contributed by atoms with Crippen LogP contribution in [0.3, 0.4) is 0 Å². The average molecular weight is 271 g/mol. The van der Waals surface area contributed by atoms with Crippen molar-refractivity contribution >= 4 is 5.69 Å². The highest BCUT2D eigenvalue weighted by molar-refractivity contribution is 5.45. The van der Waals surface area contributed by atoms with Gasteiger partial charge in [0.2, 0.25) is 0 Å². The second kappa shape index (κ2) is 6.08. The number of halogens is 1. The van der Waals surface area contributed by atoms with Gasteiger partial charge in [0.15, 0.2) is 0 Å². The maximum atomic E-state index is 13.0. The molecular weight excluding hydrogens is 249 g/mol. The standard InChI is InChI=1S/C18H22FN/c1-18(2,3)13-17(14-7-5-4-6-8-14)20-16-11-9-15(19)10-12-16/h4-12,17,20H,13H2,1-3H3. The van der Waals surface area contributed by atoms with Crippen LogP contribution in [-0.2, 0) is 0 Å². The van der Waals surface area contributed by atoms with Crippen LogP contribution in [0.1, 0.15) is 38.8 Å². The first kappa shape index (κ1) is 14.6. The molecule has 0 aromatic heterocycles. The molecule has 1 atom stereocenters. The van der Waals surface area contributed by atoms with Crippen molar-refractivity contribution in [2.24, 2.45) is 5.41 Å². The maximum Gasteiger partial charge on any atom is 0.123 e. The summed E-state index contributed by atoms with van der Waals surface area (Å²) in [6.45, 7) is 6.69. The number of rotatable bonds is 4. The second-order valence-corrected chi connectivity index (χ2v) is 6.38. The van der Waals surface area contributed by atoms with Crippen molar-refractivity contribution in [3.05, 3.63) is 66.0 Å². The molecule has 1 nitrogen and oxygen atoms in total. The number of benzene rings is 2. The van der Waals surface area contributed by atoms with Gasteiger partial charge in [0.1, 0.15) is 5.82 Å². The predicted molar refractivity (Wildman–Crippen MR) is 83.3 cm³/mol. The third-order valence-corrected chi connectivity index (χ3v) is 3.20. The summed E-state index contributed by atoms with van der Waals surface area (Å²) >= 11 is 0. The van der Waals surface area contributed by atoms with Gasteiger partial charge in [-0.05, 0) is 41.7 Å². The van der Waals surface area contributed by atoms with Crippen molar-refractivity contribution in [1.29, 1.82) is 0 Å². The van der Waals surface area contributed by atoms with E-state index in [-0.39, 0.29) is 17.3 Å². The molecule has 0 aliphatic rings. The summed E-state index contributed by atoms with van der Waals surface area (Å²) in [6.07, 6.45) is 1.01. The Morgan fingerprint density at radius 2 is 1.55 bits per heavy atom. The fraction of sp³-hybridized carbons (Fsp3) is 0.333. The van der Waals surface area contributed by atoms with Gasteiger partial charge in [0.25, 0.3) is 0 Å². The molecule has 2 rings (SSSR count). The first-order chi connectivity index (χ1) is 9.44. The molecule has 0 saturated carbocycles. The zero-order chi connectivity index (χ0) is 14.6. The highest BCUT2D eigenvalue weighted by Crippen LogP contribution is 2.32. The lowest BCUT2D eigenvalue weighted by Gasteiger charge is -2.28. The highest BCUT2D eigenvalue weighted by atomic mass is 19.1. The van der Waals surface area contributed by atoms with E-state index in [0.717, 1.165) is 12.1 Å². The maximum absolute atomic E-state index is 13.0. The van der Waals surface area contributed by atoms with E-state index in [4.69, 9.17) is 0 Å². The van der Waals surface area contributed by atoms with Gasteiger partial charge in [-0.1, -0.05) is 51.1 Å². The van der Waals surface area contributed by atoms with Crippen LogP contribution in [-0.4, -0.2) is 0 Å². The van der Waals surface area contributed by atoms with Crippen molar-refractivity contribution in [1.82, 2.24) is 0 Å². The third kappa shape index (κ3) is 4.37. The zero-order valence-electron chi connectivity index (χ0n) is 12.4. The Bertz CT molecular complexity index is 526. The van der Waals surface area contributed by atoms with Gasteiger partial charge >= 0.3 is 0 Å². The first-order valence-corrected chi connectivity index (χ1v) is 7.01. The van der Waals surface area contributed by atoms with E-state index in [2.05, 4.69) is 50.4 Å². The molecule has 0 amide bonds. The molecule has 2 aromatic carbocycles. The van der Waals surface area contributed by atoms with E-state index in [1.807, 2.05) is 6.07 Å². The molecule has 0 spiro atoms. The monoisotopic (exact) mass is 271 g/mol. The molecule has 20 heavy (non-hydrogen) atoms. The van der Waals surface area contributed by atoms with Crippen LogP contribution >= 0.6 is 0 Å². The van der Waals surface area contributed by atoms with E-state index < -0.39 is 0 Å². The first-order valence-electron chi connectivity index (χ1n) is 7.01. The quantitative estimate of drug-likeness (QED) is 0.783. The van der Waals surface area contributed by atoms with E-state index in [0.29, 0.717) is 0 Å². The van der Waals surface area contributed by atoms with Gasteiger partial charge in [0.05, 0.1) is 6.04 Å². The third-order valence-electron chi connectivity index (χ3n) is 3.20. The highest BCUT2D eigenvalue weighted by Gasteiger charge is 2.20. The minimum atomic E-state index is -0.206. The van der Waals surface area contributed by atoms with Gasteiger partial charge in [0, 0.05) is 5.69 Å². The number of nitrogens with one attached hydrogen (secondary N) is 1. The smallest absolute Gasteiger partial charge is 0.123 e. The van der Waals surface area contributed by atoms with Crippen LogP contribution in [0.4, 0.5) is 10.1 Å². The molecule has 0 fully saturated rings. The molecule has 106 valence electrons. The Balaban J connectivity index is 2.20. The topological polar surface area (TPSA) is 12.0 Å². The van der Waals surface area contributed by atoms with Crippen molar-refractivity contribution in [2.75, 3.05) is 5.32 Å². The molecule has 0 heterocycles. The van der Waals surface area contributed by atoms with E-state index in [1.54, 1.807) is 12.1 Å². The lowest BCUT2D eigenvalue weighted by Crippen LogP contribution is -2.18. The second-order valence-electron chi connectivity index (χ2n) is 6.38. The lowest BCUT2D eigenvalue weighted by molar-refractivity contribution is 0.352. The Morgan fingerprint density at radius 1 is 0.950 bits per heavy atom. The van der Waals surface area contributed by atoms with Gasteiger partial charge in [-0.25, -0.2) is 4.39 Å². The Kier molecular flexibility index (Phi) is 4.43. The van der Waals surface area contributed by atoms with Crippen molar-refractivity contribution in [3.8, 4) is 0 Å². The van der Waals surface area contributed by atoms with Crippen LogP contribution in [0.2, 0.25) is 0 Å². The molecule has 0 bridgehead atoms. The van der Waals surface area contributed by atoms with Crippen LogP contribution < -0.4 is 5.32 Å². The fourth-order valence-corrected chi connectivity index (χ4v) is 2.30. The number of hydrogen-bond acceptors (Lipinski definition) is 1. The Morgan fingerprint density at radius 3 is 2.10 bits per heavy atom. The average Bonchev–Trinajstić information content (AvgIpc) is 2.40. The Hall–Kier alpha value is -1.83. The molecule has 2 aromatic rings. The van der Waals surface area contributed by atoms with Crippen molar-refractivity contribution in [2.45, 2.75) is 33.2 Å². The summed E-state index contributed by atoms with van der Waals surface area (Å²) in [5, 5.41) is 3.51. The summed E-state index contributed by atoms with van der Waals surface area (Å²) in [7, 11) is 0. The number of hydrogen-bond donors (Lipinski definition) is 1. The number of anilines is 1. The normalized spacial score (nSPS) is 13.0. The van der Waals surface area contributed by atoms with Crippen LogP contribution in [0.15, 0.2) is 54.6 Å². The van der Waals surface area contributed by atoms with Crippen LogP contribution in [0.5, 0.6) is 0 Å². The SMILES string of the molecule is CC(C)(C)CC(Nc1ccc(F)cc1)c1ccccc1. The molecule has 0 saturated heterocycles. The van der Waals surface area contributed by atoms with Gasteiger partial charge in [-0.3, -0.25) is 0 Å². The Labute approximate surface area is 120 Å². The largest absolute Gasteiger partial charge is 0.378 e. The molecule has 0 aliphatic carbocycles. The summed E-state index contributed by atoms with van der Waals surface area (Å²) in [5.41, 5.74) is 2.42. The molecule has 1 N–H and O–H groups in total. The summed E-state index contributed by atoms with van der Waals surface area (Å²) < 4.78 is 13.0. The molecule has 0 radical (unpaired) electrons.